The van der Waals surface area contributed by atoms with Crippen molar-refractivity contribution in [3.8, 4) is 22.3 Å². The highest BCUT2D eigenvalue weighted by molar-refractivity contribution is 6.21. The first-order chi connectivity index (χ1) is 20.4. The van der Waals surface area contributed by atoms with Crippen molar-refractivity contribution < 1.29 is 0 Å². The Morgan fingerprint density at radius 2 is 0.805 bits per heavy atom. The molecule has 0 radical (unpaired) electrons. The number of benzene rings is 7. The first-order valence-corrected chi connectivity index (χ1v) is 14.1. The number of hydrogen-bond acceptors (Lipinski definition) is 1. The summed E-state index contributed by atoms with van der Waals surface area (Å²) in [5.41, 5.74) is 9.46. The molecule has 1 nitrogen and oxygen atoms in total. The number of hydrogen-bond donors (Lipinski definition) is 0. The first-order valence-electron chi connectivity index (χ1n) is 14.1. The molecule has 7 aromatic rings. The molecular formula is C40H29N. The molecule has 0 bridgehead atoms. The zero-order chi connectivity index (χ0) is 27.4. The predicted octanol–water partition coefficient (Wildman–Crippen LogP) is 10.4. The molecule has 0 fully saturated rings. The van der Waals surface area contributed by atoms with Gasteiger partial charge in [0.25, 0.3) is 0 Å². The lowest BCUT2D eigenvalue weighted by Gasteiger charge is -2.18. The topological polar surface area (TPSA) is 12.4 Å². The lowest BCUT2D eigenvalue weighted by atomic mass is 9.85. The third-order valence-corrected chi connectivity index (χ3v) is 7.73. The molecular weight excluding hydrogens is 494 g/mol. The van der Waals surface area contributed by atoms with Gasteiger partial charge in [-0.3, -0.25) is 4.99 Å². The maximum absolute atomic E-state index is 5.20. The monoisotopic (exact) mass is 523 g/mol. The first kappa shape index (κ1) is 24.7. The normalized spacial score (nSPS) is 11.0. The van der Waals surface area contributed by atoms with E-state index in [2.05, 4.69) is 164 Å². The summed E-state index contributed by atoms with van der Waals surface area (Å²) in [5, 5.41) is 5.04. The summed E-state index contributed by atoms with van der Waals surface area (Å²) in [6, 6.07) is 58.2. The van der Waals surface area contributed by atoms with Crippen LogP contribution in [0, 0.1) is 0 Å². The second kappa shape index (κ2) is 11.1. The number of fused-ring (bicyclic) bond motifs is 2. The number of nitrogens with zero attached hydrogens (tertiary/aromatic N) is 1. The Hall–Kier alpha value is -5.27. The van der Waals surface area contributed by atoms with Crippen molar-refractivity contribution in [2.45, 2.75) is 6.54 Å². The molecule has 0 saturated heterocycles. The Kier molecular flexibility index (Phi) is 6.69. The molecule has 194 valence electrons. The van der Waals surface area contributed by atoms with E-state index in [1.54, 1.807) is 0 Å². The van der Waals surface area contributed by atoms with Gasteiger partial charge in [0.15, 0.2) is 0 Å². The third kappa shape index (κ3) is 4.83. The minimum Gasteiger partial charge on any atom is -0.279 e. The summed E-state index contributed by atoms with van der Waals surface area (Å²) >= 11 is 0. The van der Waals surface area contributed by atoms with Crippen LogP contribution in [0.1, 0.15) is 16.7 Å². The van der Waals surface area contributed by atoms with Crippen LogP contribution in [0.5, 0.6) is 0 Å². The van der Waals surface area contributed by atoms with Gasteiger partial charge in [-0.1, -0.05) is 158 Å². The van der Waals surface area contributed by atoms with Crippen LogP contribution in [0.15, 0.2) is 169 Å². The lowest BCUT2D eigenvalue weighted by Crippen LogP contribution is -2.04. The molecule has 7 aromatic carbocycles. The Balaban J connectivity index is 1.46. The van der Waals surface area contributed by atoms with Crippen molar-refractivity contribution in [2.24, 2.45) is 4.99 Å². The van der Waals surface area contributed by atoms with Gasteiger partial charge >= 0.3 is 0 Å². The molecule has 0 heterocycles. The van der Waals surface area contributed by atoms with Crippen LogP contribution >= 0.6 is 0 Å². The van der Waals surface area contributed by atoms with E-state index in [0.29, 0.717) is 6.54 Å². The van der Waals surface area contributed by atoms with Gasteiger partial charge in [-0.05, 0) is 55.4 Å². The van der Waals surface area contributed by atoms with Gasteiger partial charge in [0.1, 0.15) is 0 Å². The van der Waals surface area contributed by atoms with Crippen molar-refractivity contribution in [3.05, 3.63) is 180 Å². The molecule has 7 rings (SSSR count). The van der Waals surface area contributed by atoms with Gasteiger partial charge in [-0.15, -0.1) is 0 Å². The molecule has 41 heavy (non-hydrogen) atoms. The van der Waals surface area contributed by atoms with Crippen LogP contribution < -0.4 is 0 Å². The molecule has 0 N–H and O–H groups in total. The van der Waals surface area contributed by atoms with E-state index in [1.165, 1.54) is 49.4 Å². The van der Waals surface area contributed by atoms with Gasteiger partial charge in [0, 0.05) is 11.1 Å². The fourth-order valence-corrected chi connectivity index (χ4v) is 5.87. The second-order valence-corrected chi connectivity index (χ2v) is 10.3. The molecule has 0 aliphatic rings. The average molecular weight is 524 g/mol. The number of aliphatic imine (C=N–C) groups is 1. The van der Waals surface area contributed by atoms with Gasteiger partial charge in [-0.25, -0.2) is 0 Å². The smallest absolute Gasteiger partial charge is 0.0723 e. The largest absolute Gasteiger partial charge is 0.279 e. The van der Waals surface area contributed by atoms with Crippen LogP contribution in [0.25, 0.3) is 43.8 Å². The minimum absolute atomic E-state index is 0.594. The van der Waals surface area contributed by atoms with Crippen LogP contribution in [-0.4, -0.2) is 5.71 Å². The molecule has 0 amide bonds. The molecule has 0 aliphatic carbocycles. The van der Waals surface area contributed by atoms with E-state index in [9.17, 15) is 0 Å². The van der Waals surface area contributed by atoms with E-state index < -0.39 is 0 Å². The highest BCUT2D eigenvalue weighted by atomic mass is 14.7. The van der Waals surface area contributed by atoms with E-state index in [0.717, 1.165) is 16.8 Å². The van der Waals surface area contributed by atoms with Crippen molar-refractivity contribution in [1.82, 2.24) is 0 Å². The van der Waals surface area contributed by atoms with E-state index in [1.807, 2.05) is 0 Å². The SMILES string of the molecule is c1ccc(C(=NCc2ccc3c(-c4ccccc4)c4ccccc4c(-c4ccccc4)c3c2)c2ccccc2)cc1. The molecule has 0 aliphatic heterocycles. The maximum Gasteiger partial charge on any atom is 0.0723 e. The summed E-state index contributed by atoms with van der Waals surface area (Å²) < 4.78 is 0. The van der Waals surface area contributed by atoms with Gasteiger partial charge < -0.3 is 0 Å². The molecule has 0 spiro atoms. The molecule has 0 unspecified atom stereocenters. The fourth-order valence-electron chi connectivity index (χ4n) is 5.87. The highest BCUT2D eigenvalue weighted by Gasteiger charge is 2.17. The Morgan fingerprint density at radius 1 is 0.390 bits per heavy atom. The number of rotatable bonds is 6. The summed E-state index contributed by atoms with van der Waals surface area (Å²) in [4.78, 5) is 5.20. The second-order valence-electron chi connectivity index (χ2n) is 10.3. The zero-order valence-corrected chi connectivity index (χ0v) is 22.7. The Bertz CT molecular complexity index is 1930. The summed E-state index contributed by atoms with van der Waals surface area (Å²) in [6.07, 6.45) is 0. The minimum atomic E-state index is 0.594. The van der Waals surface area contributed by atoms with Gasteiger partial charge in [0.2, 0.25) is 0 Å². The van der Waals surface area contributed by atoms with E-state index in [-0.39, 0.29) is 0 Å². The van der Waals surface area contributed by atoms with Crippen molar-refractivity contribution in [3.63, 3.8) is 0 Å². The van der Waals surface area contributed by atoms with Crippen molar-refractivity contribution in [1.29, 1.82) is 0 Å². The van der Waals surface area contributed by atoms with Crippen LogP contribution in [0.4, 0.5) is 0 Å². The maximum atomic E-state index is 5.20. The van der Waals surface area contributed by atoms with Crippen LogP contribution in [0.2, 0.25) is 0 Å². The lowest BCUT2D eigenvalue weighted by molar-refractivity contribution is 1.07. The van der Waals surface area contributed by atoms with E-state index in [4.69, 9.17) is 4.99 Å². The summed E-state index contributed by atoms with van der Waals surface area (Å²) in [6.45, 7) is 0.594. The highest BCUT2D eigenvalue weighted by Crippen LogP contribution is 2.43. The molecule has 1 heteroatoms. The quantitative estimate of drug-likeness (QED) is 0.152. The Labute approximate surface area is 241 Å². The third-order valence-electron chi connectivity index (χ3n) is 7.73. The standard InChI is InChI=1S/C40H29N/c1-5-15-30(16-6-1)38-34-23-13-14-24-35(34)39(31-17-7-2-8-18-31)37-27-29(25-26-36(37)38)28-41-40(32-19-9-3-10-20-32)33-21-11-4-12-22-33/h1-27H,28H2. The summed E-state index contributed by atoms with van der Waals surface area (Å²) in [7, 11) is 0. The Morgan fingerprint density at radius 3 is 1.32 bits per heavy atom. The van der Waals surface area contributed by atoms with Gasteiger partial charge in [-0.2, -0.15) is 0 Å². The summed E-state index contributed by atoms with van der Waals surface area (Å²) in [5.74, 6) is 0. The van der Waals surface area contributed by atoms with Crippen molar-refractivity contribution >= 4 is 27.3 Å². The zero-order valence-electron chi connectivity index (χ0n) is 22.7. The molecule has 0 aromatic heterocycles. The molecule has 0 atom stereocenters. The van der Waals surface area contributed by atoms with Crippen LogP contribution in [0.3, 0.4) is 0 Å². The average Bonchev–Trinajstić information content (AvgIpc) is 3.05. The van der Waals surface area contributed by atoms with Crippen molar-refractivity contribution in [2.75, 3.05) is 0 Å². The van der Waals surface area contributed by atoms with Crippen LogP contribution in [-0.2, 0) is 6.54 Å². The fraction of sp³-hybridized carbons (Fsp3) is 0.0250. The molecule has 0 saturated carbocycles. The van der Waals surface area contributed by atoms with E-state index >= 15 is 0 Å². The van der Waals surface area contributed by atoms with Gasteiger partial charge in [0.05, 0.1) is 12.3 Å². The predicted molar refractivity (Wildman–Crippen MR) is 175 cm³/mol.